The van der Waals surface area contributed by atoms with Crippen molar-refractivity contribution in [1.82, 2.24) is 5.32 Å². The van der Waals surface area contributed by atoms with Crippen LogP contribution >= 0.6 is 0 Å². The Morgan fingerprint density at radius 2 is 1.94 bits per heavy atom. The zero-order valence-electron chi connectivity index (χ0n) is 11.0. The molecule has 1 amide bonds. The van der Waals surface area contributed by atoms with Gasteiger partial charge < -0.3 is 5.32 Å². The highest BCUT2D eigenvalue weighted by Crippen LogP contribution is 2.18. The van der Waals surface area contributed by atoms with Crippen molar-refractivity contribution in [1.29, 1.82) is 0 Å². The Bertz CT molecular complexity index is 264. The van der Waals surface area contributed by atoms with E-state index in [2.05, 4.69) is 18.3 Å². The number of nitrogens with one attached hydrogen (secondary N) is 1. The standard InChI is InChI=1S/C15H25NO/c1-2-3-4-5-6-7-8-9-10-11-15(17)16-14-12-13-14/h8-11,14H,2-7,12-13H2,1H3,(H,16,17)/b9-8+,11-10+. The predicted octanol–water partition coefficient (Wildman–Crippen LogP) is 3.74. The fourth-order valence-corrected chi connectivity index (χ4v) is 1.66. The van der Waals surface area contributed by atoms with E-state index in [1.165, 1.54) is 32.1 Å². The lowest BCUT2D eigenvalue weighted by Gasteiger charge is -1.96. The van der Waals surface area contributed by atoms with Gasteiger partial charge in [0.2, 0.25) is 5.91 Å². The Morgan fingerprint density at radius 1 is 1.18 bits per heavy atom. The molecule has 0 bridgehead atoms. The molecule has 1 fully saturated rings. The molecule has 1 rings (SSSR count). The number of rotatable bonds is 9. The molecule has 0 atom stereocenters. The van der Waals surface area contributed by atoms with Gasteiger partial charge in [-0.05, 0) is 25.7 Å². The van der Waals surface area contributed by atoms with Crippen molar-refractivity contribution in [2.75, 3.05) is 0 Å². The lowest BCUT2D eigenvalue weighted by molar-refractivity contribution is -0.116. The van der Waals surface area contributed by atoms with Crippen LogP contribution in [-0.2, 0) is 4.79 Å². The van der Waals surface area contributed by atoms with E-state index in [0.717, 1.165) is 19.3 Å². The molecular formula is C15H25NO. The summed E-state index contributed by atoms with van der Waals surface area (Å²) < 4.78 is 0. The van der Waals surface area contributed by atoms with Crippen molar-refractivity contribution >= 4 is 5.91 Å². The molecule has 0 spiro atoms. The van der Waals surface area contributed by atoms with Crippen LogP contribution in [0, 0.1) is 0 Å². The molecule has 0 unspecified atom stereocenters. The van der Waals surface area contributed by atoms with Crippen LogP contribution in [0.3, 0.4) is 0 Å². The molecule has 1 N–H and O–H groups in total. The van der Waals surface area contributed by atoms with Crippen LogP contribution in [0.25, 0.3) is 0 Å². The van der Waals surface area contributed by atoms with E-state index in [1.54, 1.807) is 6.08 Å². The zero-order valence-corrected chi connectivity index (χ0v) is 11.0. The maximum absolute atomic E-state index is 11.3. The Balaban J connectivity index is 1.92. The van der Waals surface area contributed by atoms with Gasteiger partial charge in [-0.25, -0.2) is 0 Å². The first-order chi connectivity index (χ1) is 8.33. The minimum Gasteiger partial charge on any atom is -0.350 e. The van der Waals surface area contributed by atoms with Gasteiger partial charge in [0.25, 0.3) is 0 Å². The average Bonchev–Trinajstić information content (AvgIpc) is 3.11. The fourth-order valence-electron chi connectivity index (χ4n) is 1.66. The summed E-state index contributed by atoms with van der Waals surface area (Å²) in [7, 11) is 0. The van der Waals surface area contributed by atoms with E-state index in [-0.39, 0.29) is 5.91 Å². The van der Waals surface area contributed by atoms with Crippen molar-refractivity contribution in [2.24, 2.45) is 0 Å². The molecule has 1 saturated carbocycles. The summed E-state index contributed by atoms with van der Waals surface area (Å²) in [6, 6.07) is 0.453. The van der Waals surface area contributed by atoms with Crippen molar-refractivity contribution in [2.45, 2.75) is 64.3 Å². The van der Waals surface area contributed by atoms with Crippen molar-refractivity contribution in [3.8, 4) is 0 Å². The first kappa shape index (κ1) is 14.0. The van der Waals surface area contributed by atoms with Crippen LogP contribution in [0.1, 0.15) is 58.3 Å². The molecular weight excluding hydrogens is 210 g/mol. The lowest BCUT2D eigenvalue weighted by Crippen LogP contribution is -2.22. The Morgan fingerprint density at radius 3 is 2.65 bits per heavy atom. The smallest absolute Gasteiger partial charge is 0.244 e. The third-order valence-electron chi connectivity index (χ3n) is 2.89. The van der Waals surface area contributed by atoms with Gasteiger partial charge in [0.15, 0.2) is 0 Å². The minimum absolute atomic E-state index is 0.0418. The van der Waals surface area contributed by atoms with Crippen LogP contribution in [-0.4, -0.2) is 11.9 Å². The highest BCUT2D eigenvalue weighted by Gasteiger charge is 2.21. The Kier molecular flexibility index (Phi) is 7.44. The third kappa shape index (κ3) is 8.73. The number of carbonyl (C=O) groups is 1. The molecule has 17 heavy (non-hydrogen) atoms. The topological polar surface area (TPSA) is 29.1 Å². The normalized spacial score (nSPS) is 15.8. The van der Waals surface area contributed by atoms with Crippen LogP contribution in [0.15, 0.2) is 24.3 Å². The second-order valence-electron chi connectivity index (χ2n) is 4.77. The van der Waals surface area contributed by atoms with Crippen LogP contribution in [0.5, 0.6) is 0 Å². The number of hydrogen-bond acceptors (Lipinski definition) is 1. The SMILES string of the molecule is CCCCCCC/C=C/C=C/C(=O)NC1CC1. The molecule has 1 aliphatic carbocycles. The number of carbonyl (C=O) groups excluding carboxylic acids is 1. The summed E-state index contributed by atoms with van der Waals surface area (Å²) in [5.74, 6) is 0.0418. The monoisotopic (exact) mass is 235 g/mol. The second kappa shape index (κ2) is 9.03. The molecule has 96 valence electrons. The average molecular weight is 235 g/mol. The van der Waals surface area contributed by atoms with Crippen LogP contribution in [0.4, 0.5) is 0 Å². The van der Waals surface area contributed by atoms with Gasteiger partial charge in [-0.1, -0.05) is 50.8 Å². The van der Waals surface area contributed by atoms with Crippen molar-refractivity contribution < 1.29 is 4.79 Å². The zero-order chi connectivity index (χ0) is 12.3. The molecule has 0 radical (unpaired) electrons. The summed E-state index contributed by atoms with van der Waals surface area (Å²) in [6.45, 7) is 2.23. The third-order valence-corrected chi connectivity index (χ3v) is 2.89. The number of hydrogen-bond donors (Lipinski definition) is 1. The van der Waals surface area contributed by atoms with E-state index in [4.69, 9.17) is 0 Å². The van der Waals surface area contributed by atoms with Gasteiger partial charge in [-0.2, -0.15) is 0 Å². The van der Waals surface area contributed by atoms with Crippen LogP contribution < -0.4 is 5.32 Å². The van der Waals surface area contributed by atoms with Crippen molar-refractivity contribution in [3.63, 3.8) is 0 Å². The second-order valence-corrected chi connectivity index (χ2v) is 4.77. The minimum atomic E-state index is 0.0418. The number of unbranched alkanes of at least 4 members (excludes halogenated alkanes) is 5. The first-order valence-corrected chi connectivity index (χ1v) is 6.96. The highest BCUT2D eigenvalue weighted by atomic mass is 16.1. The van der Waals surface area contributed by atoms with Crippen molar-refractivity contribution in [3.05, 3.63) is 24.3 Å². The molecule has 1 aliphatic rings. The summed E-state index contributed by atoms with van der Waals surface area (Å²) in [6.07, 6.45) is 17.6. The maximum atomic E-state index is 11.3. The number of amides is 1. The summed E-state index contributed by atoms with van der Waals surface area (Å²) in [5.41, 5.74) is 0. The Labute approximate surface area is 105 Å². The maximum Gasteiger partial charge on any atom is 0.244 e. The van der Waals surface area contributed by atoms with Gasteiger partial charge in [0.05, 0.1) is 0 Å². The summed E-state index contributed by atoms with van der Waals surface area (Å²) in [5, 5.41) is 2.92. The molecule has 0 heterocycles. The quantitative estimate of drug-likeness (QED) is 0.368. The predicted molar refractivity (Wildman–Crippen MR) is 72.8 cm³/mol. The van der Waals surface area contributed by atoms with Crippen LogP contribution in [0.2, 0.25) is 0 Å². The molecule has 0 aromatic heterocycles. The van der Waals surface area contributed by atoms with E-state index < -0.39 is 0 Å². The molecule has 0 aromatic rings. The Hall–Kier alpha value is -1.05. The molecule has 0 aromatic carbocycles. The van der Waals surface area contributed by atoms with Gasteiger partial charge in [0.1, 0.15) is 0 Å². The van der Waals surface area contributed by atoms with E-state index in [1.807, 2.05) is 12.2 Å². The molecule has 2 nitrogen and oxygen atoms in total. The first-order valence-electron chi connectivity index (χ1n) is 6.96. The number of allylic oxidation sites excluding steroid dienone is 3. The van der Waals surface area contributed by atoms with Gasteiger partial charge in [-0.3, -0.25) is 4.79 Å². The molecule has 0 aliphatic heterocycles. The fraction of sp³-hybridized carbons (Fsp3) is 0.667. The largest absolute Gasteiger partial charge is 0.350 e. The molecule has 0 saturated heterocycles. The highest BCUT2D eigenvalue weighted by molar-refractivity contribution is 5.88. The lowest BCUT2D eigenvalue weighted by atomic mass is 10.1. The molecule has 2 heteroatoms. The van der Waals surface area contributed by atoms with Gasteiger partial charge in [-0.15, -0.1) is 0 Å². The van der Waals surface area contributed by atoms with E-state index in [0.29, 0.717) is 6.04 Å². The summed E-state index contributed by atoms with van der Waals surface area (Å²) >= 11 is 0. The summed E-state index contributed by atoms with van der Waals surface area (Å²) in [4.78, 5) is 11.3. The van der Waals surface area contributed by atoms with E-state index >= 15 is 0 Å². The van der Waals surface area contributed by atoms with Gasteiger partial charge in [0, 0.05) is 12.1 Å². The van der Waals surface area contributed by atoms with E-state index in [9.17, 15) is 4.79 Å². The van der Waals surface area contributed by atoms with Gasteiger partial charge >= 0.3 is 0 Å².